The highest BCUT2D eigenvalue weighted by Crippen LogP contribution is 2.32. The fourth-order valence-corrected chi connectivity index (χ4v) is 2.88. The molecule has 0 spiro atoms. The van der Waals surface area contributed by atoms with E-state index in [1.165, 1.54) is 0 Å². The summed E-state index contributed by atoms with van der Waals surface area (Å²) < 4.78 is 5.23. The van der Waals surface area contributed by atoms with Gasteiger partial charge in [-0.1, -0.05) is 30.3 Å². The number of nitrogens with zero attached hydrogens (tertiary/aromatic N) is 1. The van der Waals surface area contributed by atoms with Gasteiger partial charge in [0.25, 0.3) is 0 Å². The first-order valence-electron chi connectivity index (χ1n) is 7.47. The van der Waals surface area contributed by atoms with E-state index in [9.17, 15) is 4.79 Å². The first-order valence-corrected chi connectivity index (χ1v) is 7.47. The van der Waals surface area contributed by atoms with Gasteiger partial charge in [0, 0.05) is 24.7 Å². The molecule has 1 aliphatic heterocycles. The Kier molecular flexibility index (Phi) is 4.11. The zero-order valence-electron chi connectivity index (χ0n) is 12.7. The van der Waals surface area contributed by atoms with Crippen LogP contribution in [0, 0.1) is 0 Å². The lowest BCUT2D eigenvalue weighted by atomic mass is 10.0. The molecule has 2 N–H and O–H groups in total. The number of hydrogen-bond acceptors (Lipinski definition) is 3. The van der Waals surface area contributed by atoms with Gasteiger partial charge in [-0.2, -0.15) is 0 Å². The Bertz CT molecular complexity index is 670. The quantitative estimate of drug-likeness (QED) is 0.943. The minimum absolute atomic E-state index is 0.0697. The van der Waals surface area contributed by atoms with Crippen LogP contribution in [0.4, 0.5) is 5.69 Å². The summed E-state index contributed by atoms with van der Waals surface area (Å²) in [6.07, 6.45) is 1.17. The summed E-state index contributed by atoms with van der Waals surface area (Å²) in [6.45, 7) is 0.711. The van der Waals surface area contributed by atoms with Crippen LogP contribution in [0.3, 0.4) is 0 Å². The van der Waals surface area contributed by atoms with Crippen LogP contribution >= 0.6 is 0 Å². The van der Waals surface area contributed by atoms with Crippen molar-refractivity contribution in [2.24, 2.45) is 5.73 Å². The molecule has 0 radical (unpaired) electrons. The second-order valence-electron chi connectivity index (χ2n) is 5.51. The third-order valence-electron chi connectivity index (χ3n) is 4.11. The molecule has 0 bridgehead atoms. The van der Waals surface area contributed by atoms with Gasteiger partial charge in [-0.05, 0) is 35.7 Å². The molecule has 2 aromatic carbocycles. The fraction of sp³-hybridized carbons (Fsp3) is 0.278. The number of hydrogen-bond donors (Lipinski definition) is 1. The topological polar surface area (TPSA) is 55.6 Å². The van der Waals surface area contributed by atoms with Crippen molar-refractivity contribution in [3.8, 4) is 5.75 Å². The number of carbonyl (C=O) groups is 1. The second kappa shape index (κ2) is 6.20. The number of fused-ring (bicyclic) bond motifs is 1. The third-order valence-corrected chi connectivity index (χ3v) is 4.11. The first-order chi connectivity index (χ1) is 10.7. The average Bonchev–Trinajstić information content (AvgIpc) is 2.98. The zero-order valence-corrected chi connectivity index (χ0v) is 12.7. The maximum atomic E-state index is 12.6. The Labute approximate surface area is 130 Å². The molecule has 0 aromatic heterocycles. The first kappa shape index (κ1) is 14.6. The van der Waals surface area contributed by atoms with Crippen LogP contribution in [0.1, 0.15) is 23.6 Å². The summed E-state index contributed by atoms with van der Waals surface area (Å²) in [5.74, 6) is 0.898. The molecule has 0 saturated heterocycles. The van der Waals surface area contributed by atoms with Gasteiger partial charge < -0.3 is 15.4 Å². The highest BCUT2D eigenvalue weighted by Gasteiger charge is 2.26. The Morgan fingerprint density at radius 1 is 1.27 bits per heavy atom. The number of carbonyl (C=O) groups excluding carboxylic acids is 1. The molecular formula is C18H20N2O2. The molecule has 1 atom stereocenters. The van der Waals surface area contributed by atoms with E-state index in [0.717, 1.165) is 29.0 Å². The molecule has 22 heavy (non-hydrogen) atoms. The van der Waals surface area contributed by atoms with Crippen molar-refractivity contribution >= 4 is 11.6 Å². The lowest BCUT2D eigenvalue weighted by molar-refractivity contribution is -0.118. The average molecular weight is 296 g/mol. The van der Waals surface area contributed by atoms with Gasteiger partial charge in [0.05, 0.1) is 7.11 Å². The molecule has 3 rings (SSSR count). The van der Waals surface area contributed by atoms with Gasteiger partial charge in [0.1, 0.15) is 5.75 Å². The molecule has 0 fully saturated rings. The van der Waals surface area contributed by atoms with E-state index in [2.05, 4.69) is 0 Å². The molecule has 2 aromatic rings. The van der Waals surface area contributed by atoms with Crippen LogP contribution in [0.25, 0.3) is 0 Å². The van der Waals surface area contributed by atoms with Crippen LogP contribution in [0.2, 0.25) is 0 Å². The third kappa shape index (κ3) is 2.83. The van der Waals surface area contributed by atoms with E-state index in [0.29, 0.717) is 13.0 Å². The molecule has 1 aliphatic rings. The number of ether oxygens (including phenoxy) is 1. The van der Waals surface area contributed by atoms with Crippen LogP contribution in [0.5, 0.6) is 5.75 Å². The molecule has 0 saturated carbocycles. The summed E-state index contributed by atoms with van der Waals surface area (Å²) in [5.41, 5.74) is 9.28. The van der Waals surface area contributed by atoms with Gasteiger partial charge in [0.15, 0.2) is 0 Å². The molecular weight excluding hydrogens is 276 g/mol. The lowest BCUT2D eigenvalue weighted by Gasteiger charge is -2.20. The molecule has 0 aliphatic carbocycles. The van der Waals surface area contributed by atoms with Crippen molar-refractivity contribution in [1.29, 1.82) is 0 Å². The maximum absolute atomic E-state index is 12.6. The Morgan fingerprint density at radius 3 is 2.77 bits per heavy atom. The van der Waals surface area contributed by atoms with Crippen molar-refractivity contribution in [1.82, 2.24) is 0 Å². The number of amides is 1. The highest BCUT2D eigenvalue weighted by molar-refractivity contribution is 5.96. The summed E-state index contributed by atoms with van der Waals surface area (Å²) >= 11 is 0. The predicted molar refractivity (Wildman–Crippen MR) is 87.0 cm³/mol. The summed E-state index contributed by atoms with van der Waals surface area (Å²) in [4.78, 5) is 14.4. The van der Waals surface area contributed by atoms with E-state index in [1.54, 1.807) is 7.11 Å². The van der Waals surface area contributed by atoms with Crippen LogP contribution in [-0.4, -0.2) is 19.6 Å². The smallest absolute Gasteiger partial charge is 0.228 e. The van der Waals surface area contributed by atoms with Gasteiger partial charge >= 0.3 is 0 Å². The summed E-state index contributed by atoms with van der Waals surface area (Å²) in [7, 11) is 1.65. The minimum atomic E-state index is -0.268. The number of rotatable bonds is 4. The maximum Gasteiger partial charge on any atom is 0.228 e. The van der Waals surface area contributed by atoms with Crippen molar-refractivity contribution in [3.05, 3.63) is 59.7 Å². The Balaban J connectivity index is 1.73. The monoisotopic (exact) mass is 296 g/mol. The predicted octanol–water partition coefficient (Wildman–Crippen LogP) is 2.67. The van der Waals surface area contributed by atoms with Crippen LogP contribution in [-0.2, 0) is 11.2 Å². The molecule has 114 valence electrons. The normalized spacial score (nSPS) is 14.5. The number of methoxy groups -OCH3 is 1. The molecule has 4 nitrogen and oxygen atoms in total. The summed E-state index contributed by atoms with van der Waals surface area (Å²) in [5, 5.41) is 0. The zero-order chi connectivity index (χ0) is 15.5. The van der Waals surface area contributed by atoms with Crippen molar-refractivity contribution < 1.29 is 9.53 Å². The largest absolute Gasteiger partial charge is 0.497 e. The molecule has 1 unspecified atom stereocenters. The number of benzene rings is 2. The van der Waals surface area contributed by atoms with Crippen molar-refractivity contribution in [2.45, 2.75) is 18.9 Å². The Hall–Kier alpha value is -2.33. The summed E-state index contributed by atoms with van der Waals surface area (Å²) in [6, 6.07) is 15.3. The standard InChI is InChI=1S/C18H20N2O2/c1-22-15-7-8-17-14(11-15)9-10-20(17)18(21)12-16(19)13-5-3-2-4-6-13/h2-8,11,16H,9-10,12,19H2,1H3. The number of anilines is 1. The van der Waals surface area contributed by atoms with E-state index >= 15 is 0 Å². The van der Waals surface area contributed by atoms with Gasteiger partial charge in [0.2, 0.25) is 5.91 Å². The van der Waals surface area contributed by atoms with Crippen LogP contribution < -0.4 is 15.4 Å². The molecule has 1 heterocycles. The van der Waals surface area contributed by atoms with E-state index in [1.807, 2.05) is 53.4 Å². The van der Waals surface area contributed by atoms with E-state index < -0.39 is 0 Å². The van der Waals surface area contributed by atoms with Gasteiger partial charge in [-0.3, -0.25) is 4.79 Å². The fourth-order valence-electron chi connectivity index (χ4n) is 2.88. The van der Waals surface area contributed by atoms with Gasteiger partial charge in [-0.15, -0.1) is 0 Å². The minimum Gasteiger partial charge on any atom is -0.497 e. The van der Waals surface area contributed by atoms with Gasteiger partial charge in [-0.25, -0.2) is 0 Å². The Morgan fingerprint density at radius 2 is 2.05 bits per heavy atom. The molecule has 1 amide bonds. The van der Waals surface area contributed by atoms with Crippen molar-refractivity contribution in [2.75, 3.05) is 18.6 Å². The number of nitrogens with two attached hydrogens (primary N) is 1. The van der Waals surface area contributed by atoms with E-state index in [-0.39, 0.29) is 11.9 Å². The van der Waals surface area contributed by atoms with Crippen molar-refractivity contribution in [3.63, 3.8) is 0 Å². The highest BCUT2D eigenvalue weighted by atomic mass is 16.5. The SMILES string of the molecule is COc1ccc2c(c1)CCN2C(=O)CC(N)c1ccccc1. The second-order valence-corrected chi connectivity index (χ2v) is 5.51. The molecule has 4 heteroatoms. The lowest BCUT2D eigenvalue weighted by Crippen LogP contribution is -2.31. The van der Waals surface area contributed by atoms with Crippen LogP contribution in [0.15, 0.2) is 48.5 Å². The van der Waals surface area contributed by atoms with E-state index in [4.69, 9.17) is 10.5 Å².